The average molecular weight is 354 g/mol. The molecule has 4 nitrogen and oxygen atoms in total. The SMILES string of the molecule is O=C(O)Oc1cc2cccc(F)c2n1Cc1ccc(Cl)c(Cl)c1. The third-order valence-electron chi connectivity index (χ3n) is 3.35. The number of benzene rings is 2. The highest BCUT2D eigenvalue weighted by atomic mass is 35.5. The van der Waals surface area contributed by atoms with Crippen LogP contribution in [0.1, 0.15) is 5.56 Å². The first kappa shape index (κ1) is 15.6. The molecule has 0 saturated carbocycles. The predicted molar refractivity (Wildman–Crippen MR) is 86.1 cm³/mol. The second-order valence-corrected chi connectivity index (χ2v) is 5.68. The van der Waals surface area contributed by atoms with E-state index in [1.54, 1.807) is 30.3 Å². The lowest BCUT2D eigenvalue weighted by molar-refractivity contribution is 0.141. The molecule has 0 spiro atoms. The second kappa shape index (κ2) is 6.10. The summed E-state index contributed by atoms with van der Waals surface area (Å²) in [6, 6.07) is 11.0. The number of nitrogens with zero attached hydrogens (tertiary/aromatic N) is 1. The molecule has 2 aromatic carbocycles. The molecule has 0 atom stereocenters. The fourth-order valence-electron chi connectivity index (χ4n) is 2.41. The maximum absolute atomic E-state index is 14.2. The van der Waals surface area contributed by atoms with Crippen LogP contribution in [0.2, 0.25) is 10.0 Å². The van der Waals surface area contributed by atoms with Gasteiger partial charge in [-0.2, -0.15) is 0 Å². The Hall–Kier alpha value is -2.24. The Balaban J connectivity index is 2.13. The van der Waals surface area contributed by atoms with Crippen LogP contribution < -0.4 is 4.74 Å². The molecule has 0 saturated heterocycles. The number of ether oxygens (including phenoxy) is 1. The summed E-state index contributed by atoms with van der Waals surface area (Å²) in [5.41, 5.74) is 0.991. The van der Waals surface area contributed by atoms with Crippen LogP contribution in [0.3, 0.4) is 0 Å². The van der Waals surface area contributed by atoms with Crippen molar-refractivity contribution in [3.05, 3.63) is 63.9 Å². The van der Waals surface area contributed by atoms with Crippen molar-refractivity contribution in [2.24, 2.45) is 0 Å². The molecule has 0 fully saturated rings. The molecule has 1 heterocycles. The fourth-order valence-corrected chi connectivity index (χ4v) is 2.73. The minimum atomic E-state index is -1.47. The van der Waals surface area contributed by atoms with Crippen LogP contribution in [-0.4, -0.2) is 15.8 Å². The predicted octanol–water partition coefficient (Wildman–Crippen LogP) is 5.19. The molecule has 0 aliphatic heterocycles. The molecule has 1 N–H and O–H groups in total. The Morgan fingerprint density at radius 1 is 1.17 bits per heavy atom. The summed E-state index contributed by atoms with van der Waals surface area (Å²) in [6.45, 7) is 0.184. The van der Waals surface area contributed by atoms with E-state index in [1.807, 2.05) is 0 Å². The fraction of sp³-hybridized carbons (Fsp3) is 0.0625. The molecule has 7 heteroatoms. The van der Waals surface area contributed by atoms with Gasteiger partial charge in [0.15, 0.2) is 0 Å². The molecule has 23 heavy (non-hydrogen) atoms. The molecule has 0 aliphatic carbocycles. The van der Waals surface area contributed by atoms with E-state index in [-0.39, 0.29) is 17.9 Å². The van der Waals surface area contributed by atoms with Gasteiger partial charge in [0.05, 0.1) is 22.1 Å². The standard InChI is InChI=1S/C16H10Cl2FNO3/c17-11-5-4-9(6-12(11)18)8-20-14(23-16(21)22)7-10-2-1-3-13(19)15(10)20/h1-7H,8H2,(H,21,22). The lowest BCUT2D eigenvalue weighted by Gasteiger charge is -2.10. The summed E-state index contributed by atoms with van der Waals surface area (Å²) in [4.78, 5) is 10.9. The third-order valence-corrected chi connectivity index (χ3v) is 4.09. The van der Waals surface area contributed by atoms with E-state index in [4.69, 9.17) is 33.0 Å². The van der Waals surface area contributed by atoms with E-state index in [2.05, 4.69) is 0 Å². The largest absolute Gasteiger partial charge is 0.512 e. The maximum atomic E-state index is 14.2. The number of hydrogen-bond acceptors (Lipinski definition) is 2. The molecular weight excluding hydrogens is 344 g/mol. The number of halogens is 3. The molecule has 0 bridgehead atoms. The molecular formula is C16H10Cl2FNO3. The Morgan fingerprint density at radius 3 is 2.65 bits per heavy atom. The van der Waals surface area contributed by atoms with Crippen molar-refractivity contribution in [1.29, 1.82) is 0 Å². The molecule has 3 rings (SSSR count). The maximum Gasteiger partial charge on any atom is 0.512 e. The second-order valence-electron chi connectivity index (χ2n) is 4.86. The van der Waals surface area contributed by atoms with Gasteiger partial charge in [0.25, 0.3) is 0 Å². The summed E-state index contributed by atoms with van der Waals surface area (Å²) in [5.74, 6) is -0.438. The van der Waals surface area contributed by atoms with Gasteiger partial charge >= 0.3 is 6.16 Å². The van der Waals surface area contributed by atoms with Crippen molar-refractivity contribution in [1.82, 2.24) is 4.57 Å². The van der Waals surface area contributed by atoms with Gasteiger partial charge in [-0.3, -0.25) is 0 Å². The zero-order valence-electron chi connectivity index (χ0n) is 11.6. The van der Waals surface area contributed by atoms with Crippen molar-refractivity contribution in [3.8, 4) is 5.88 Å². The number of para-hydroxylation sites is 1. The normalized spacial score (nSPS) is 10.9. The summed E-state index contributed by atoms with van der Waals surface area (Å²) < 4.78 is 20.4. The molecule has 1 aromatic heterocycles. The van der Waals surface area contributed by atoms with E-state index in [1.165, 1.54) is 16.7 Å². The summed E-state index contributed by atoms with van der Waals surface area (Å²) in [5, 5.41) is 10.2. The molecule has 0 radical (unpaired) electrons. The Morgan fingerprint density at radius 2 is 1.96 bits per heavy atom. The van der Waals surface area contributed by atoms with Crippen molar-refractivity contribution in [2.45, 2.75) is 6.54 Å². The van der Waals surface area contributed by atoms with Crippen molar-refractivity contribution in [2.75, 3.05) is 0 Å². The third kappa shape index (κ3) is 3.11. The first-order valence-electron chi connectivity index (χ1n) is 6.58. The smallest absolute Gasteiger partial charge is 0.449 e. The number of aromatic nitrogens is 1. The summed E-state index contributed by atoms with van der Waals surface area (Å²) in [6.07, 6.45) is -1.47. The zero-order chi connectivity index (χ0) is 16.6. The van der Waals surface area contributed by atoms with Crippen molar-refractivity contribution < 1.29 is 19.0 Å². The van der Waals surface area contributed by atoms with Crippen LogP contribution in [0.15, 0.2) is 42.5 Å². The minimum absolute atomic E-state index is 0.0312. The van der Waals surface area contributed by atoms with Gasteiger partial charge in [-0.25, -0.2) is 9.18 Å². The van der Waals surface area contributed by atoms with Gasteiger partial charge in [0, 0.05) is 11.5 Å². The van der Waals surface area contributed by atoms with E-state index in [0.717, 1.165) is 5.56 Å². The van der Waals surface area contributed by atoms with E-state index >= 15 is 0 Å². The average Bonchev–Trinajstić information content (AvgIpc) is 2.81. The van der Waals surface area contributed by atoms with Gasteiger partial charge in [-0.05, 0) is 23.8 Å². The van der Waals surface area contributed by atoms with Crippen LogP contribution in [0.25, 0.3) is 10.9 Å². The Labute approximate surface area is 140 Å². The first-order valence-corrected chi connectivity index (χ1v) is 7.34. The van der Waals surface area contributed by atoms with Gasteiger partial charge < -0.3 is 14.4 Å². The molecule has 3 aromatic rings. The van der Waals surface area contributed by atoms with Crippen molar-refractivity contribution >= 4 is 40.3 Å². The Bertz CT molecular complexity index is 908. The lowest BCUT2D eigenvalue weighted by atomic mass is 10.2. The zero-order valence-corrected chi connectivity index (χ0v) is 13.1. The monoisotopic (exact) mass is 353 g/mol. The number of carbonyl (C=O) groups is 1. The number of rotatable bonds is 3. The minimum Gasteiger partial charge on any atom is -0.449 e. The van der Waals surface area contributed by atoms with Gasteiger partial charge in [0.2, 0.25) is 5.88 Å². The molecule has 0 aliphatic rings. The van der Waals surface area contributed by atoms with Crippen LogP contribution in [0.4, 0.5) is 9.18 Å². The first-order chi connectivity index (χ1) is 11.0. The van der Waals surface area contributed by atoms with Crippen LogP contribution in [0, 0.1) is 5.82 Å². The summed E-state index contributed by atoms with van der Waals surface area (Å²) in [7, 11) is 0. The topological polar surface area (TPSA) is 51.5 Å². The van der Waals surface area contributed by atoms with Crippen LogP contribution >= 0.6 is 23.2 Å². The number of hydrogen-bond donors (Lipinski definition) is 1. The summed E-state index contributed by atoms with van der Waals surface area (Å²) >= 11 is 11.9. The molecule has 118 valence electrons. The van der Waals surface area contributed by atoms with Gasteiger partial charge in [-0.15, -0.1) is 0 Å². The van der Waals surface area contributed by atoms with Crippen molar-refractivity contribution in [3.63, 3.8) is 0 Å². The lowest BCUT2D eigenvalue weighted by Crippen LogP contribution is -2.09. The quantitative estimate of drug-likeness (QED) is 0.659. The van der Waals surface area contributed by atoms with Crippen LogP contribution in [0.5, 0.6) is 5.88 Å². The highest BCUT2D eigenvalue weighted by molar-refractivity contribution is 6.42. The number of fused-ring (bicyclic) bond motifs is 1. The van der Waals surface area contributed by atoms with E-state index < -0.39 is 12.0 Å². The number of carboxylic acid groups (broad SMARTS) is 1. The molecule has 0 unspecified atom stereocenters. The van der Waals surface area contributed by atoms with E-state index in [9.17, 15) is 9.18 Å². The van der Waals surface area contributed by atoms with E-state index in [0.29, 0.717) is 15.4 Å². The highest BCUT2D eigenvalue weighted by Gasteiger charge is 2.16. The molecule has 0 amide bonds. The van der Waals surface area contributed by atoms with Gasteiger partial charge in [-0.1, -0.05) is 41.4 Å². The van der Waals surface area contributed by atoms with Gasteiger partial charge in [0.1, 0.15) is 5.82 Å². The van der Waals surface area contributed by atoms with Crippen LogP contribution in [-0.2, 0) is 6.54 Å². The highest BCUT2D eigenvalue weighted by Crippen LogP contribution is 2.30. The Kier molecular flexibility index (Phi) is 4.15.